The summed E-state index contributed by atoms with van der Waals surface area (Å²) in [6.45, 7) is 2.16. The van der Waals surface area contributed by atoms with Gasteiger partial charge in [-0.05, 0) is 19.5 Å². The molecule has 0 aliphatic heterocycles. The average molecular weight is 235 g/mol. The highest BCUT2D eigenvalue weighted by Gasteiger charge is 2.13. The minimum absolute atomic E-state index is 0.387. The van der Waals surface area contributed by atoms with Gasteiger partial charge in [0.1, 0.15) is 6.26 Å². The molecule has 0 bridgehead atoms. The van der Waals surface area contributed by atoms with E-state index in [2.05, 4.69) is 22.4 Å². The fourth-order valence-electron chi connectivity index (χ4n) is 1.75. The molecule has 5 heteroatoms. The van der Waals surface area contributed by atoms with Crippen LogP contribution in [0, 0.1) is 0 Å². The smallest absolute Gasteiger partial charge is 0.228 e. The van der Waals surface area contributed by atoms with E-state index in [-0.39, 0.29) is 0 Å². The van der Waals surface area contributed by atoms with Gasteiger partial charge in [-0.3, -0.25) is 0 Å². The molecule has 2 aromatic heterocycles. The molecule has 0 amide bonds. The number of likely N-dealkylation sites (N-methyl/N-ethyl adjacent to an activating group) is 1. The third kappa shape index (κ3) is 2.94. The van der Waals surface area contributed by atoms with Crippen molar-refractivity contribution in [2.24, 2.45) is 0 Å². The van der Waals surface area contributed by atoms with Crippen LogP contribution in [0.5, 0.6) is 0 Å². The first-order valence-electron chi connectivity index (χ1n) is 5.86. The van der Waals surface area contributed by atoms with Gasteiger partial charge in [-0.1, -0.05) is 18.5 Å². The van der Waals surface area contributed by atoms with Crippen LogP contribution in [0.3, 0.4) is 0 Å². The van der Waals surface area contributed by atoms with E-state index in [0.29, 0.717) is 17.8 Å². The molecule has 2 rings (SSSR count). The van der Waals surface area contributed by atoms with Crippen molar-refractivity contribution >= 4 is 0 Å². The van der Waals surface area contributed by atoms with Gasteiger partial charge in [0, 0.05) is 12.5 Å². The highest BCUT2D eigenvalue weighted by molar-refractivity contribution is 5.51. The average Bonchev–Trinajstić information content (AvgIpc) is 2.98. The Morgan fingerprint density at radius 3 is 3.00 bits per heavy atom. The normalized spacial score (nSPS) is 12.8. The Bertz CT molecular complexity index is 436. The van der Waals surface area contributed by atoms with Crippen LogP contribution >= 0.6 is 0 Å². The molecule has 92 valence electrons. The Balaban J connectivity index is 2.03. The summed E-state index contributed by atoms with van der Waals surface area (Å²) >= 11 is 0. The third-order valence-electron chi connectivity index (χ3n) is 2.71. The summed E-state index contributed by atoms with van der Waals surface area (Å²) in [6, 6.07) is 2.20. The summed E-state index contributed by atoms with van der Waals surface area (Å²) in [5.74, 6) is 1.24. The van der Waals surface area contributed by atoms with Gasteiger partial charge in [-0.25, -0.2) is 0 Å². The van der Waals surface area contributed by atoms with E-state index < -0.39 is 0 Å². The molecular weight excluding hydrogens is 218 g/mol. The van der Waals surface area contributed by atoms with E-state index in [1.165, 1.54) is 0 Å². The maximum absolute atomic E-state index is 5.22. The lowest BCUT2D eigenvalue weighted by molar-refractivity contribution is 0.356. The van der Waals surface area contributed by atoms with E-state index in [1.807, 2.05) is 13.1 Å². The van der Waals surface area contributed by atoms with Crippen LogP contribution < -0.4 is 5.32 Å². The molecule has 0 saturated carbocycles. The number of aromatic nitrogens is 2. The number of nitrogens with one attached hydrogen (secondary N) is 1. The van der Waals surface area contributed by atoms with E-state index in [9.17, 15) is 0 Å². The van der Waals surface area contributed by atoms with Gasteiger partial charge in [0.25, 0.3) is 0 Å². The van der Waals surface area contributed by atoms with Crippen LogP contribution in [0.2, 0.25) is 0 Å². The predicted molar refractivity (Wildman–Crippen MR) is 63.5 cm³/mol. The van der Waals surface area contributed by atoms with E-state index in [4.69, 9.17) is 8.94 Å². The lowest BCUT2D eigenvalue weighted by atomic mass is 10.1. The minimum Gasteiger partial charge on any atom is -0.472 e. The van der Waals surface area contributed by atoms with Crippen molar-refractivity contribution in [3.8, 4) is 11.4 Å². The molecule has 1 N–H and O–H groups in total. The number of furan rings is 1. The van der Waals surface area contributed by atoms with Gasteiger partial charge >= 0.3 is 0 Å². The molecular formula is C12H17N3O2. The van der Waals surface area contributed by atoms with E-state index >= 15 is 0 Å². The van der Waals surface area contributed by atoms with Gasteiger partial charge in [-0.2, -0.15) is 4.98 Å². The largest absolute Gasteiger partial charge is 0.472 e. The molecule has 2 heterocycles. The van der Waals surface area contributed by atoms with Crippen LogP contribution in [0.4, 0.5) is 0 Å². The number of hydrogen-bond donors (Lipinski definition) is 1. The van der Waals surface area contributed by atoms with Gasteiger partial charge in [0.15, 0.2) is 0 Å². The Kier molecular flexibility index (Phi) is 3.93. The fourth-order valence-corrected chi connectivity index (χ4v) is 1.75. The zero-order chi connectivity index (χ0) is 12.1. The molecule has 2 aromatic rings. The first kappa shape index (κ1) is 11.9. The van der Waals surface area contributed by atoms with Crippen molar-refractivity contribution in [1.29, 1.82) is 0 Å². The summed E-state index contributed by atoms with van der Waals surface area (Å²) in [5, 5.41) is 7.18. The first-order valence-corrected chi connectivity index (χ1v) is 5.86. The third-order valence-corrected chi connectivity index (χ3v) is 2.71. The molecule has 0 aromatic carbocycles. The SMILES string of the molecule is CCCC(Cc1nc(-c2ccoc2)no1)NC. The van der Waals surface area contributed by atoms with Crippen molar-refractivity contribution in [3.63, 3.8) is 0 Å². The van der Waals surface area contributed by atoms with Gasteiger partial charge in [-0.15, -0.1) is 0 Å². The van der Waals surface area contributed by atoms with E-state index in [0.717, 1.165) is 24.8 Å². The second kappa shape index (κ2) is 5.63. The van der Waals surface area contributed by atoms with Crippen LogP contribution in [-0.4, -0.2) is 23.2 Å². The van der Waals surface area contributed by atoms with E-state index in [1.54, 1.807) is 12.5 Å². The predicted octanol–water partition coefficient (Wildman–Crippen LogP) is 2.26. The second-order valence-corrected chi connectivity index (χ2v) is 4.00. The molecule has 1 unspecified atom stereocenters. The quantitative estimate of drug-likeness (QED) is 0.832. The molecule has 0 radical (unpaired) electrons. The van der Waals surface area contributed by atoms with Crippen molar-refractivity contribution < 1.29 is 8.94 Å². The molecule has 0 spiro atoms. The summed E-state index contributed by atoms with van der Waals surface area (Å²) in [4.78, 5) is 4.34. The number of nitrogens with zero attached hydrogens (tertiary/aromatic N) is 2. The molecule has 17 heavy (non-hydrogen) atoms. The lowest BCUT2D eigenvalue weighted by Crippen LogP contribution is -2.27. The van der Waals surface area contributed by atoms with Gasteiger partial charge in [0.2, 0.25) is 11.7 Å². The highest BCUT2D eigenvalue weighted by atomic mass is 16.5. The van der Waals surface area contributed by atoms with Crippen molar-refractivity contribution in [3.05, 3.63) is 24.5 Å². The van der Waals surface area contributed by atoms with Crippen molar-refractivity contribution in [2.75, 3.05) is 7.05 Å². The zero-order valence-electron chi connectivity index (χ0n) is 10.1. The highest BCUT2D eigenvalue weighted by Crippen LogP contribution is 2.16. The van der Waals surface area contributed by atoms with Crippen LogP contribution in [0.1, 0.15) is 25.7 Å². The summed E-state index contributed by atoms with van der Waals surface area (Å²) in [7, 11) is 1.95. The molecule has 0 saturated heterocycles. The van der Waals surface area contributed by atoms with Crippen LogP contribution in [-0.2, 0) is 6.42 Å². The Hall–Kier alpha value is -1.62. The molecule has 0 fully saturated rings. The summed E-state index contributed by atoms with van der Waals surface area (Å²) in [6.07, 6.45) is 6.19. The van der Waals surface area contributed by atoms with Crippen molar-refractivity contribution in [1.82, 2.24) is 15.5 Å². The first-order chi connectivity index (χ1) is 8.33. The maximum atomic E-state index is 5.22. The maximum Gasteiger partial charge on any atom is 0.228 e. The Morgan fingerprint density at radius 1 is 1.47 bits per heavy atom. The Morgan fingerprint density at radius 2 is 2.35 bits per heavy atom. The number of rotatable bonds is 6. The Labute approximate surface area is 100 Å². The van der Waals surface area contributed by atoms with Gasteiger partial charge < -0.3 is 14.3 Å². The molecule has 5 nitrogen and oxygen atoms in total. The minimum atomic E-state index is 0.387. The molecule has 0 aliphatic rings. The fraction of sp³-hybridized carbons (Fsp3) is 0.500. The monoisotopic (exact) mass is 235 g/mol. The summed E-state index contributed by atoms with van der Waals surface area (Å²) < 4.78 is 10.2. The summed E-state index contributed by atoms with van der Waals surface area (Å²) in [5.41, 5.74) is 0.844. The standard InChI is InChI=1S/C12H17N3O2/c1-3-4-10(13-2)7-11-14-12(15-17-11)9-5-6-16-8-9/h5-6,8,10,13H,3-4,7H2,1-2H3. The topological polar surface area (TPSA) is 64.1 Å². The second-order valence-electron chi connectivity index (χ2n) is 4.00. The van der Waals surface area contributed by atoms with Gasteiger partial charge in [0.05, 0.1) is 11.8 Å². The van der Waals surface area contributed by atoms with Crippen LogP contribution in [0.25, 0.3) is 11.4 Å². The van der Waals surface area contributed by atoms with Crippen molar-refractivity contribution in [2.45, 2.75) is 32.2 Å². The lowest BCUT2D eigenvalue weighted by Gasteiger charge is -2.11. The van der Waals surface area contributed by atoms with Crippen LogP contribution in [0.15, 0.2) is 27.5 Å². The number of hydrogen-bond acceptors (Lipinski definition) is 5. The molecule has 0 aliphatic carbocycles. The zero-order valence-corrected chi connectivity index (χ0v) is 10.1. The molecule has 1 atom stereocenters.